The number of hydrogen-bond acceptors (Lipinski definition) is 4. The highest BCUT2D eigenvalue weighted by atomic mass is 16.5. The molecule has 0 unspecified atom stereocenters. The molecule has 92 valence electrons. The van der Waals surface area contributed by atoms with E-state index in [-0.39, 0.29) is 17.2 Å². The zero-order valence-corrected chi connectivity index (χ0v) is 9.61. The molecule has 0 heterocycles. The van der Waals surface area contributed by atoms with Crippen LogP contribution in [-0.4, -0.2) is 23.6 Å². The summed E-state index contributed by atoms with van der Waals surface area (Å²) in [5, 5.41) is 11.4. The van der Waals surface area contributed by atoms with Crippen LogP contribution in [0.1, 0.15) is 24.2 Å². The Hall–Kier alpha value is -2.24. The fourth-order valence-corrected chi connectivity index (χ4v) is 1.34. The molecule has 1 amide bonds. The van der Waals surface area contributed by atoms with Gasteiger partial charge in [-0.15, -0.1) is 0 Å². The van der Waals surface area contributed by atoms with Gasteiger partial charge >= 0.3 is 5.97 Å². The zero-order valence-electron chi connectivity index (χ0n) is 9.61. The maximum absolute atomic E-state index is 11.0. The quantitative estimate of drug-likeness (QED) is 0.687. The monoisotopic (exact) mass is 238 g/mol. The Balaban J connectivity index is 3.25. The van der Waals surface area contributed by atoms with E-state index < -0.39 is 5.97 Å². The maximum atomic E-state index is 11.0. The molecule has 1 aromatic carbocycles. The second kappa shape index (κ2) is 5.20. The van der Waals surface area contributed by atoms with Crippen molar-refractivity contribution >= 4 is 23.3 Å². The van der Waals surface area contributed by atoms with Crippen LogP contribution in [0.5, 0.6) is 5.75 Å². The summed E-state index contributed by atoms with van der Waals surface area (Å²) in [7, 11) is 0. The molecule has 0 aromatic heterocycles. The second-order valence-corrected chi connectivity index (χ2v) is 3.35. The summed E-state index contributed by atoms with van der Waals surface area (Å²) in [5.74, 6) is -1.12. The van der Waals surface area contributed by atoms with Gasteiger partial charge in [-0.1, -0.05) is 0 Å². The van der Waals surface area contributed by atoms with E-state index in [4.69, 9.17) is 15.6 Å². The lowest BCUT2D eigenvalue weighted by Gasteiger charge is -2.13. The number of carbonyl (C=O) groups is 2. The first-order valence-corrected chi connectivity index (χ1v) is 5.03. The van der Waals surface area contributed by atoms with Gasteiger partial charge in [0, 0.05) is 18.7 Å². The second-order valence-electron chi connectivity index (χ2n) is 3.35. The molecule has 6 nitrogen and oxygen atoms in total. The van der Waals surface area contributed by atoms with Crippen molar-refractivity contribution in [3.63, 3.8) is 0 Å². The van der Waals surface area contributed by atoms with Crippen LogP contribution < -0.4 is 15.8 Å². The van der Waals surface area contributed by atoms with Crippen molar-refractivity contribution in [2.24, 2.45) is 0 Å². The molecule has 1 rings (SSSR count). The summed E-state index contributed by atoms with van der Waals surface area (Å²) >= 11 is 0. The molecule has 0 saturated carbocycles. The van der Waals surface area contributed by atoms with Crippen molar-refractivity contribution in [1.82, 2.24) is 0 Å². The molecule has 17 heavy (non-hydrogen) atoms. The molecular formula is C11H14N2O4. The molecule has 6 heteroatoms. The summed E-state index contributed by atoms with van der Waals surface area (Å²) in [6.45, 7) is 3.49. The Kier molecular flexibility index (Phi) is 3.92. The number of carboxylic acid groups (broad SMARTS) is 1. The average molecular weight is 238 g/mol. The summed E-state index contributed by atoms with van der Waals surface area (Å²) in [6.07, 6.45) is 0. The lowest BCUT2D eigenvalue weighted by molar-refractivity contribution is -0.114. The minimum Gasteiger partial charge on any atom is -0.492 e. The van der Waals surface area contributed by atoms with Crippen LogP contribution in [0.15, 0.2) is 12.1 Å². The molecule has 0 saturated heterocycles. The fraction of sp³-hybridized carbons (Fsp3) is 0.273. The molecule has 0 radical (unpaired) electrons. The van der Waals surface area contributed by atoms with Crippen LogP contribution in [-0.2, 0) is 4.79 Å². The average Bonchev–Trinajstić information content (AvgIpc) is 2.21. The normalized spacial score (nSPS) is 9.76. The van der Waals surface area contributed by atoms with Gasteiger partial charge < -0.3 is 20.9 Å². The molecule has 0 atom stereocenters. The molecule has 0 aliphatic carbocycles. The van der Waals surface area contributed by atoms with Gasteiger partial charge in [0.1, 0.15) is 5.75 Å². The van der Waals surface area contributed by atoms with E-state index in [1.54, 1.807) is 6.92 Å². The Labute approximate surface area is 98.4 Å². The number of nitrogen functional groups attached to an aromatic ring is 1. The first-order valence-electron chi connectivity index (χ1n) is 5.03. The summed E-state index contributed by atoms with van der Waals surface area (Å²) < 4.78 is 5.27. The number of carbonyl (C=O) groups excluding carboxylic acids is 1. The summed E-state index contributed by atoms with van der Waals surface area (Å²) in [5.41, 5.74) is 5.90. The van der Waals surface area contributed by atoms with Gasteiger partial charge in [0.05, 0.1) is 17.9 Å². The number of nitrogens with one attached hydrogen (secondary N) is 1. The third-order valence-electron chi connectivity index (χ3n) is 1.99. The molecule has 0 aliphatic heterocycles. The van der Waals surface area contributed by atoms with Crippen molar-refractivity contribution in [2.45, 2.75) is 13.8 Å². The van der Waals surface area contributed by atoms with Gasteiger partial charge in [-0.05, 0) is 13.0 Å². The largest absolute Gasteiger partial charge is 0.492 e. The predicted molar refractivity (Wildman–Crippen MR) is 63.3 cm³/mol. The van der Waals surface area contributed by atoms with Crippen molar-refractivity contribution in [1.29, 1.82) is 0 Å². The first-order chi connectivity index (χ1) is 7.95. The number of anilines is 2. The van der Waals surface area contributed by atoms with Gasteiger partial charge in [-0.2, -0.15) is 0 Å². The number of ether oxygens (including phenoxy) is 1. The van der Waals surface area contributed by atoms with Crippen LogP contribution in [0.2, 0.25) is 0 Å². The van der Waals surface area contributed by atoms with Crippen molar-refractivity contribution < 1.29 is 19.4 Å². The van der Waals surface area contributed by atoms with E-state index in [0.29, 0.717) is 18.0 Å². The maximum Gasteiger partial charge on any atom is 0.337 e. The fourth-order valence-electron chi connectivity index (χ4n) is 1.34. The van der Waals surface area contributed by atoms with Crippen LogP contribution in [0, 0.1) is 0 Å². The van der Waals surface area contributed by atoms with Crippen LogP contribution in [0.25, 0.3) is 0 Å². The third-order valence-corrected chi connectivity index (χ3v) is 1.99. The summed E-state index contributed by atoms with van der Waals surface area (Å²) in [4.78, 5) is 21.9. The van der Waals surface area contributed by atoms with Gasteiger partial charge in [0.25, 0.3) is 0 Å². The lowest BCUT2D eigenvalue weighted by atomic mass is 10.1. The topological polar surface area (TPSA) is 102 Å². The highest BCUT2D eigenvalue weighted by Crippen LogP contribution is 2.30. The van der Waals surface area contributed by atoms with Crippen LogP contribution in [0.4, 0.5) is 11.4 Å². The van der Waals surface area contributed by atoms with Crippen molar-refractivity contribution in [2.75, 3.05) is 17.7 Å². The van der Waals surface area contributed by atoms with E-state index in [0.717, 1.165) is 0 Å². The Morgan fingerprint density at radius 3 is 2.59 bits per heavy atom. The van der Waals surface area contributed by atoms with Gasteiger partial charge in [0.2, 0.25) is 5.91 Å². The molecule has 0 fully saturated rings. The Morgan fingerprint density at radius 1 is 1.47 bits per heavy atom. The number of amides is 1. The zero-order chi connectivity index (χ0) is 13.0. The number of carboxylic acids is 1. The molecule has 0 bridgehead atoms. The minimum atomic E-state index is -1.16. The standard InChI is InChI=1S/C11H14N2O4/c1-3-17-10-5-8(12)7(11(15)16)4-9(10)13-6(2)14/h4-5H,3,12H2,1-2H3,(H,13,14)(H,15,16). The summed E-state index contributed by atoms with van der Waals surface area (Å²) in [6, 6.07) is 2.67. The van der Waals surface area contributed by atoms with E-state index in [1.165, 1.54) is 19.1 Å². The van der Waals surface area contributed by atoms with E-state index in [1.807, 2.05) is 0 Å². The predicted octanol–water partition coefficient (Wildman–Crippen LogP) is 1.32. The van der Waals surface area contributed by atoms with Gasteiger partial charge in [-0.3, -0.25) is 4.79 Å². The number of hydrogen-bond donors (Lipinski definition) is 3. The molecule has 1 aromatic rings. The Bertz CT molecular complexity index is 457. The van der Waals surface area contributed by atoms with Crippen LogP contribution in [0.3, 0.4) is 0 Å². The molecule has 0 spiro atoms. The third kappa shape index (κ3) is 3.10. The molecule has 4 N–H and O–H groups in total. The van der Waals surface area contributed by atoms with Gasteiger partial charge in [0.15, 0.2) is 0 Å². The lowest BCUT2D eigenvalue weighted by Crippen LogP contribution is -2.11. The van der Waals surface area contributed by atoms with Crippen molar-refractivity contribution in [3.8, 4) is 5.75 Å². The first kappa shape index (κ1) is 12.8. The smallest absolute Gasteiger partial charge is 0.337 e. The SMILES string of the molecule is CCOc1cc(N)c(C(=O)O)cc1NC(C)=O. The van der Waals surface area contributed by atoms with Gasteiger partial charge in [-0.25, -0.2) is 4.79 Å². The van der Waals surface area contributed by atoms with E-state index in [2.05, 4.69) is 5.32 Å². The van der Waals surface area contributed by atoms with Crippen molar-refractivity contribution in [3.05, 3.63) is 17.7 Å². The highest BCUT2D eigenvalue weighted by molar-refractivity contribution is 5.98. The van der Waals surface area contributed by atoms with E-state index >= 15 is 0 Å². The van der Waals surface area contributed by atoms with E-state index in [9.17, 15) is 9.59 Å². The molecule has 0 aliphatic rings. The highest BCUT2D eigenvalue weighted by Gasteiger charge is 2.14. The Morgan fingerprint density at radius 2 is 2.12 bits per heavy atom. The number of nitrogens with two attached hydrogens (primary N) is 1. The number of aromatic carboxylic acids is 1. The number of rotatable bonds is 4. The number of benzene rings is 1. The molecular weight excluding hydrogens is 224 g/mol. The minimum absolute atomic E-state index is 0.0720. The van der Waals surface area contributed by atoms with Crippen LogP contribution >= 0.6 is 0 Å².